The average molecular weight is 235 g/mol. The van der Waals surface area contributed by atoms with E-state index in [-0.39, 0.29) is 0 Å². The van der Waals surface area contributed by atoms with Crippen LogP contribution >= 0.6 is 0 Å². The lowest BCUT2D eigenvalue weighted by Crippen LogP contribution is -2.08. The Morgan fingerprint density at radius 2 is 2.00 bits per heavy atom. The van der Waals surface area contributed by atoms with Gasteiger partial charge in [-0.15, -0.1) is 0 Å². The molecule has 0 aromatic carbocycles. The molecule has 3 heteroatoms. The Balaban J connectivity index is 1.96. The third kappa shape index (κ3) is 2.82. The number of hydrogen-bond donors (Lipinski definition) is 1. The lowest BCUT2D eigenvalue weighted by molar-refractivity contribution is 0.338. The highest BCUT2D eigenvalue weighted by molar-refractivity contribution is 5.43. The van der Waals surface area contributed by atoms with E-state index in [0.29, 0.717) is 0 Å². The molecule has 3 nitrogen and oxygen atoms in total. The van der Waals surface area contributed by atoms with Gasteiger partial charge in [0, 0.05) is 12.6 Å². The van der Waals surface area contributed by atoms with E-state index in [9.17, 15) is 0 Å². The molecule has 17 heavy (non-hydrogen) atoms. The van der Waals surface area contributed by atoms with Crippen molar-refractivity contribution in [2.24, 2.45) is 13.0 Å². The van der Waals surface area contributed by atoms with Crippen LogP contribution in [0.5, 0.6) is 0 Å². The van der Waals surface area contributed by atoms with Gasteiger partial charge in [-0.3, -0.25) is 4.68 Å². The van der Waals surface area contributed by atoms with Crippen LogP contribution in [0.1, 0.15) is 56.7 Å². The van der Waals surface area contributed by atoms with Crippen LogP contribution in [-0.2, 0) is 19.9 Å². The quantitative estimate of drug-likeness (QED) is 0.871. The van der Waals surface area contributed by atoms with E-state index in [1.165, 1.54) is 49.8 Å². The van der Waals surface area contributed by atoms with Crippen LogP contribution < -0.4 is 5.73 Å². The molecule has 2 rings (SSSR count). The second-order valence-corrected chi connectivity index (χ2v) is 5.33. The van der Waals surface area contributed by atoms with E-state index in [0.717, 1.165) is 24.6 Å². The van der Waals surface area contributed by atoms with Crippen molar-refractivity contribution in [3.8, 4) is 0 Å². The number of nitrogen functional groups attached to an aromatic ring is 1. The smallest absolute Gasteiger partial charge is 0.124 e. The van der Waals surface area contributed by atoms with Crippen molar-refractivity contribution in [3.63, 3.8) is 0 Å². The van der Waals surface area contributed by atoms with Gasteiger partial charge in [0.05, 0.1) is 5.69 Å². The Hall–Kier alpha value is -0.990. The number of nitrogens with zero attached hydrogens (tertiary/aromatic N) is 2. The summed E-state index contributed by atoms with van der Waals surface area (Å²) in [5.74, 6) is 1.78. The van der Waals surface area contributed by atoms with E-state index >= 15 is 0 Å². The Morgan fingerprint density at radius 3 is 2.65 bits per heavy atom. The van der Waals surface area contributed by atoms with Crippen molar-refractivity contribution in [1.29, 1.82) is 0 Å². The molecule has 2 N–H and O–H groups in total. The molecule has 1 aromatic rings. The minimum atomic E-state index is 0.853. The van der Waals surface area contributed by atoms with E-state index < -0.39 is 0 Å². The third-order valence-corrected chi connectivity index (χ3v) is 4.14. The van der Waals surface area contributed by atoms with Gasteiger partial charge in [-0.1, -0.05) is 39.0 Å². The molecule has 1 saturated carbocycles. The molecule has 0 radical (unpaired) electrons. The monoisotopic (exact) mass is 235 g/mol. The lowest BCUT2D eigenvalue weighted by atomic mass is 9.85. The summed E-state index contributed by atoms with van der Waals surface area (Å²) < 4.78 is 1.83. The van der Waals surface area contributed by atoms with Crippen molar-refractivity contribution in [2.75, 3.05) is 5.73 Å². The summed E-state index contributed by atoms with van der Waals surface area (Å²) in [6.07, 6.45) is 10.5. The van der Waals surface area contributed by atoms with Crippen molar-refractivity contribution in [3.05, 3.63) is 11.3 Å². The molecule has 1 aromatic heterocycles. The van der Waals surface area contributed by atoms with Crippen molar-refractivity contribution in [1.82, 2.24) is 9.78 Å². The number of nitrogens with two attached hydrogens (primary N) is 1. The zero-order valence-electron chi connectivity index (χ0n) is 11.2. The second-order valence-electron chi connectivity index (χ2n) is 5.33. The molecular weight excluding hydrogens is 210 g/mol. The Labute approximate surface area is 104 Å². The van der Waals surface area contributed by atoms with Crippen LogP contribution in [0.3, 0.4) is 0 Å². The summed E-state index contributed by atoms with van der Waals surface area (Å²) in [5.41, 5.74) is 8.52. The maximum Gasteiger partial charge on any atom is 0.124 e. The van der Waals surface area contributed by atoms with Gasteiger partial charge in [-0.25, -0.2) is 0 Å². The molecule has 1 aliphatic carbocycles. The SMILES string of the molecule is CCc1c(CCC2CCCCC2)nn(C)c1N. The summed E-state index contributed by atoms with van der Waals surface area (Å²) in [7, 11) is 1.94. The van der Waals surface area contributed by atoms with Gasteiger partial charge in [0.2, 0.25) is 0 Å². The summed E-state index contributed by atoms with van der Waals surface area (Å²) in [4.78, 5) is 0. The fraction of sp³-hybridized carbons (Fsp3) is 0.786. The molecule has 96 valence electrons. The first-order chi connectivity index (χ1) is 8.22. The molecule has 0 spiro atoms. The molecule has 0 amide bonds. The number of rotatable bonds is 4. The predicted molar refractivity (Wildman–Crippen MR) is 71.9 cm³/mol. The van der Waals surface area contributed by atoms with Crippen molar-refractivity contribution in [2.45, 2.75) is 58.3 Å². The standard InChI is InChI=1S/C14H25N3/c1-3-12-13(16-17(2)14(12)15)10-9-11-7-5-4-6-8-11/h11H,3-10,15H2,1-2H3. The molecule has 1 heterocycles. The first-order valence-electron chi connectivity index (χ1n) is 7.02. The summed E-state index contributed by atoms with van der Waals surface area (Å²) in [6.45, 7) is 2.16. The Kier molecular flexibility index (Phi) is 4.08. The third-order valence-electron chi connectivity index (χ3n) is 4.14. The van der Waals surface area contributed by atoms with Gasteiger partial charge in [-0.05, 0) is 25.2 Å². The molecule has 0 unspecified atom stereocenters. The van der Waals surface area contributed by atoms with Gasteiger partial charge in [0.25, 0.3) is 0 Å². The van der Waals surface area contributed by atoms with Gasteiger partial charge in [-0.2, -0.15) is 5.10 Å². The highest BCUT2D eigenvalue weighted by Gasteiger charge is 2.16. The summed E-state index contributed by atoms with van der Waals surface area (Å²) in [5, 5.41) is 4.56. The van der Waals surface area contributed by atoms with Gasteiger partial charge in [0.15, 0.2) is 0 Å². The zero-order chi connectivity index (χ0) is 12.3. The van der Waals surface area contributed by atoms with E-state index in [1.807, 2.05) is 11.7 Å². The predicted octanol–water partition coefficient (Wildman–Crippen LogP) is 3.08. The van der Waals surface area contributed by atoms with Crippen molar-refractivity contribution < 1.29 is 0 Å². The van der Waals surface area contributed by atoms with E-state index in [4.69, 9.17) is 5.73 Å². The Bertz CT molecular complexity index is 362. The topological polar surface area (TPSA) is 43.8 Å². The minimum Gasteiger partial charge on any atom is -0.384 e. The molecule has 1 fully saturated rings. The maximum atomic E-state index is 6.02. The summed E-state index contributed by atoms with van der Waals surface area (Å²) >= 11 is 0. The van der Waals surface area contributed by atoms with Gasteiger partial charge in [0.1, 0.15) is 5.82 Å². The molecule has 0 saturated heterocycles. The van der Waals surface area contributed by atoms with Crippen LogP contribution in [0.15, 0.2) is 0 Å². The van der Waals surface area contributed by atoms with Crippen LogP contribution in [0.25, 0.3) is 0 Å². The largest absolute Gasteiger partial charge is 0.384 e. The number of aryl methyl sites for hydroxylation is 2. The highest BCUT2D eigenvalue weighted by Crippen LogP contribution is 2.28. The number of aromatic nitrogens is 2. The van der Waals surface area contributed by atoms with Gasteiger partial charge < -0.3 is 5.73 Å². The Morgan fingerprint density at radius 1 is 1.29 bits per heavy atom. The zero-order valence-corrected chi connectivity index (χ0v) is 11.2. The molecule has 0 bridgehead atoms. The number of anilines is 1. The first-order valence-corrected chi connectivity index (χ1v) is 7.02. The second kappa shape index (κ2) is 5.56. The van der Waals surface area contributed by atoms with Gasteiger partial charge >= 0.3 is 0 Å². The average Bonchev–Trinajstić information content (AvgIpc) is 2.63. The normalized spacial score (nSPS) is 17.5. The van der Waals surface area contributed by atoms with E-state index in [2.05, 4.69) is 12.0 Å². The molecule has 0 atom stereocenters. The van der Waals surface area contributed by atoms with Crippen LogP contribution in [0.4, 0.5) is 5.82 Å². The first kappa shape index (κ1) is 12.5. The van der Waals surface area contributed by atoms with Crippen LogP contribution in [0, 0.1) is 5.92 Å². The molecule has 1 aliphatic rings. The maximum absolute atomic E-state index is 6.02. The van der Waals surface area contributed by atoms with Crippen molar-refractivity contribution >= 4 is 5.82 Å². The summed E-state index contributed by atoms with van der Waals surface area (Å²) in [6, 6.07) is 0. The molecular formula is C14H25N3. The fourth-order valence-electron chi connectivity index (χ4n) is 3.04. The van der Waals surface area contributed by atoms with Crippen LogP contribution in [0.2, 0.25) is 0 Å². The highest BCUT2D eigenvalue weighted by atomic mass is 15.3. The fourth-order valence-corrected chi connectivity index (χ4v) is 3.04. The lowest BCUT2D eigenvalue weighted by Gasteiger charge is -2.21. The minimum absolute atomic E-state index is 0.853. The number of hydrogen-bond acceptors (Lipinski definition) is 2. The molecule has 0 aliphatic heterocycles. The van der Waals surface area contributed by atoms with Crippen LogP contribution in [-0.4, -0.2) is 9.78 Å². The van der Waals surface area contributed by atoms with E-state index in [1.54, 1.807) is 0 Å².